The molecule has 0 bridgehead atoms. The Bertz CT molecular complexity index is 439. The van der Waals surface area contributed by atoms with Crippen LogP contribution in [0.4, 0.5) is 0 Å². The van der Waals surface area contributed by atoms with E-state index in [-0.39, 0.29) is 6.61 Å². The minimum absolute atomic E-state index is 0.245. The van der Waals surface area contributed by atoms with E-state index >= 15 is 0 Å². The lowest BCUT2D eigenvalue weighted by Crippen LogP contribution is -2.62. The molecule has 0 amide bonds. The molecular formula is C14H18O6. The number of aliphatic hydroxyl groups excluding tert-OH is 2. The normalized spacial score (nSPS) is 41.1. The quantitative estimate of drug-likeness (QED) is 0.806. The van der Waals surface area contributed by atoms with Crippen LogP contribution in [-0.4, -0.2) is 54.6 Å². The maximum Gasteiger partial charge on any atom is 0.184 e. The minimum atomic E-state index is -1.18. The summed E-state index contributed by atoms with van der Waals surface area (Å²) in [5.74, 6) is 0. The Labute approximate surface area is 116 Å². The van der Waals surface area contributed by atoms with Gasteiger partial charge in [-0.15, -0.1) is 0 Å². The Morgan fingerprint density at radius 3 is 2.60 bits per heavy atom. The average Bonchev–Trinajstić information content (AvgIpc) is 2.48. The van der Waals surface area contributed by atoms with Crippen molar-refractivity contribution >= 4 is 0 Å². The standard InChI is InChI=1S/C14H18O6/c1-17-12-10(15)11-9(19-13(12)16)7-18-14(20-11)8-5-3-2-4-6-8/h2-6,9-16H,7H2,1H3/t9-,10+,11+,12-,13-,14?/m1/s1. The monoisotopic (exact) mass is 282 g/mol. The second kappa shape index (κ2) is 5.77. The van der Waals surface area contributed by atoms with Crippen LogP contribution < -0.4 is 0 Å². The first-order chi connectivity index (χ1) is 9.70. The van der Waals surface area contributed by atoms with Gasteiger partial charge >= 0.3 is 0 Å². The summed E-state index contributed by atoms with van der Waals surface area (Å²) in [5, 5.41) is 20.0. The van der Waals surface area contributed by atoms with Crippen molar-refractivity contribution in [2.24, 2.45) is 0 Å². The molecule has 0 radical (unpaired) electrons. The van der Waals surface area contributed by atoms with Crippen LogP contribution in [0.25, 0.3) is 0 Å². The van der Waals surface area contributed by atoms with Gasteiger partial charge in [0.05, 0.1) is 6.61 Å². The summed E-state index contributed by atoms with van der Waals surface area (Å²) in [4.78, 5) is 0. The van der Waals surface area contributed by atoms with Crippen molar-refractivity contribution in [3.05, 3.63) is 35.9 Å². The second-order valence-electron chi connectivity index (χ2n) is 4.93. The average molecular weight is 282 g/mol. The van der Waals surface area contributed by atoms with Crippen molar-refractivity contribution < 1.29 is 29.2 Å². The number of rotatable bonds is 2. The van der Waals surface area contributed by atoms with Gasteiger partial charge in [-0.2, -0.15) is 0 Å². The van der Waals surface area contributed by atoms with Gasteiger partial charge in [0.1, 0.15) is 24.4 Å². The van der Waals surface area contributed by atoms with Crippen LogP contribution in [0, 0.1) is 0 Å². The molecule has 2 fully saturated rings. The summed E-state index contributed by atoms with van der Waals surface area (Å²) in [6.07, 6.45) is -4.64. The van der Waals surface area contributed by atoms with Gasteiger partial charge in [-0.3, -0.25) is 0 Å². The lowest BCUT2D eigenvalue weighted by atomic mass is 9.98. The molecule has 0 spiro atoms. The molecule has 0 aromatic heterocycles. The minimum Gasteiger partial charge on any atom is -0.387 e. The molecule has 6 nitrogen and oxygen atoms in total. The lowest BCUT2D eigenvalue weighted by Gasteiger charge is -2.46. The number of hydrogen-bond acceptors (Lipinski definition) is 6. The van der Waals surface area contributed by atoms with Gasteiger partial charge in [0.15, 0.2) is 12.6 Å². The van der Waals surface area contributed by atoms with Crippen molar-refractivity contribution in [2.75, 3.05) is 13.7 Å². The molecule has 1 aromatic rings. The Balaban J connectivity index is 1.75. The summed E-state index contributed by atoms with van der Waals surface area (Å²) in [7, 11) is 1.41. The van der Waals surface area contributed by atoms with Crippen molar-refractivity contribution in [1.29, 1.82) is 0 Å². The Morgan fingerprint density at radius 1 is 1.15 bits per heavy atom. The lowest BCUT2D eigenvalue weighted by molar-refractivity contribution is -0.357. The number of aliphatic hydroxyl groups is 2. The second-order valence-corrected chi connectivity index (χ2v) is 4.93. The Hall–Kier alpha value is -1.02. The number of ether oxygens (including phenoxy) is 4. The molecule has 1 unspecified atom stereocenters. The fourth-order valence-electron chi connectivity index (χ4n) is 2.62. The van der Waals surface area contributed by atoms with Crippen molar-refractivity contribution in [1.82, 2.24) is 0 Å². The topological polar surface area (TPSA) is 77.4 Å². The zero-order valence-electron chi connectivity index (χ0n) is 11.1. The van der Waals surface area contributed by atoms with Crippen molar-refractivity contribution in [3.63, 3.8) is 0 Å². The molecule has 3 rings (SSSR count). The zero-order chi connectivity index (χ0) is 14.1. The van der Waals surface area contributed by atoms with E-state index in [0.29, 0.717) is 0 Å². The molecule has 2 N–H and O–H groups in total. The van der Waals surface area contributed by atoms with Crippen LogP contribution in [0.5, 0.6) is 0 Å². The van der Waals surface area contributed by atoms with E-state index < -0.39 is 37.0 Å². The van der Waals surface area contributed by atoms with Crippen molar-refractivity contribution in [3.8, 4) is 0 Å². The molecule has 6 atom stereocenters. The predicted molar refractivity (Wildman–Crippen MR) is 67.7 cm³/mol. The van der Waals surface area contributed by atoms with Crippen LogP contribution in [0.3, 0.4) is 0 Å². The van der Waals surface area contributed by atoms with E-state index in [1.54, 1.807) is 0 Å². The van der Waals surface area contributed by atoms with Gasteiger partial charge in [0.2, 0.25) is 0 Å². The molecule has 110 valence electrons. The molecule has 2 aliphatic rings. The van der Waals surface area contributed by atoms with E-state index in [1.807, 2.05) is 30.3 Å². The molecule has 2 aliphatic heterocycles. The summed E-state index contributed by atoms with van der Waals surface area (Å²) in [6, 6.07) is 9.48. The van der Waals surface area contributed by atoms with Gasteiger partial charge in [0.25, 0.3) is 0 Å². The highest BCUT2D eigenvalue weighted by Crippen LogP contribution is 2.34. The van der Waals surface area contributed by atoms with E-state index in [1.165, 1.54) is 7.11 Å². The van der Waals surface area contributed by atoms with Gasteiger partial charge in [0, 0.05) is 12.7 Å². The number of hydrogen-bond donors (Lipinski definition) is 2. The molecule has 2 saturated heterocycles. The summed E-state index contributed by atoms with van der Waals surface area (Å²) < 4.78 is 21.8. The van der Waals surface area contributed by atoms with Crippen molar-refractivity contribution in [2.45, 2.75) is 37.0 Å². The summed E-state index contributed by atoms with van der Waals surface area (Å²) >= 11 is 0. The molecule has 20 heavy (non-hydrogen) atoms. The molecule has 6 heteroatoms. The molecule has 2 heterocycles. The van der Waals surface area contributed by atoms with E-state index in [9.17, 15) is 10.2 Å². The smallest absolute Gasteiger partial charge is 0.184 e. The third-order valence-electron chi connectivity index (χ3n) is 3.67. The molecule has 0 aliphatic carbocycles. The first-order valence-corrected chi connectivity index (χ1v) is 6.57. The van der Waals surface area contributed by atoms with Gasteiger partial charge in [-0.25, -0.2) is 0 Å². The van der Waals surface area contributed by atoms with E-state index in [2.05, 4.69) is 0 Å². The highest BCUT2D eigenvalue weighted by atomic mass is 16.7. The first kappa shape index (κ1) is 13.9. The molecule has 1 aromatic carbocycles. The number of methoxy groups -OCH3 is 1. The van der Waals surface area contributed by atoms with Crippen LogP contribution in [0.1, 0.15) is 11.9 Å². The van der Waals surface area contributed by atoms with E-state index in [4.69, 9.17) is 18.9 Å². The SMILES string of the molecule is CO[C@@H]1[C@@H](O)[C@H]2OC(c3ccccc3)OC[C@H]2O[C@H]1O. The van der Waals surface area contributed by atoms with Crippen LogP contribution in [0.15, 0.2) is 30.3 Å². The van der Waals surface area contributed by atoms with Crippen LogP contribution in [0.2, 0.25) is 0 Å². The fourth-order valence-corrected chi connectivity index (χ4v) is 2.62. The first-order valence-electron chi connectivity index (χ1n) is 6.57. The van der Waals surface area contributed by atoms with Crippen LogP contribution in [-0.2, 0) is 18.9 Å². The highest BCUT2D eigenvalue weighted by molar-refractivity contribution is 5.16. The Morgan fingerprint density at radius 2 is 1.90 bits per heavy atom. The van der Waals surface area contributed by atoms with Gasteiger partial charge < -0.3 is 29.2 Å². The zero-order valence-corrected chi connectivity index (χ0v) is 11.1. The predicted octanol–water partition coefficient (Wildman–Crippen LogP) is 0.194. The summed E-state index contributed by atoms with van der Waals surface area (Å²) in [6.45, 7) is 0.245. The summed E-state index contributed by atoms with van der Waals surface area (Å²) in [5.41, 5.74) is 0.873. The fraction of sp³-hybridized carbons (Fsp3) is 0.571. The maximum atomic E-state index is 10.3. The third kappa shape index (κ3) is 2.46. The molecular weight excluding hydrogens is 264 g/mol. The van der Waals surface area contributed by atoms with Gasteiger partial charge in [-0.05, 0) is 0 Å². The number of benzene rings is 1. The van der Waals surface area contributed by atoms with E-state index in [0.717, 1.165) is 5.56 Å². The Kier molecular flexibility index (Phi) is 4.02. The molecule has 0 saturated carbocycles. The van der Waals surface area contributed by atoms with Gasteiger partial charge in [-0.1, -0.05) is 30.3 Å². The largest absolute Gasteiger partial charge is 0.387 e. The maximum absolute atomic E-state index is 10.3. The van der Waals surface area contributed by atoms with Crippen LogP contribution >= 0.6 is 0 Å². The number of fused-ring (bicyclic) bond motifs is 1. The highest BCUT2D eigenvalue weighted by Gasteiger charge is 2.49. The third-order valence-corrected chi connectivity index (χ3v) is 3.67.